The third-order valence-electron chi connectivity index (χ3n) is 4.46. The van der Waals surface area contributed by atoms with Crippen molar-refractivity contribution in [2.75, 3.05) is 0 Å². The maximum atomic E-state index is 12.0. The summed E-state index contributed by atoms with van der Waals surface area (Å²) in [5.74, 6) is 0.143. The van der Waals surface area contributed by atoms with Crippen LogP contribution in [0.1, 0.15) is 48.0 Å². The summed E-state index contributed by atoms with van der Waals surface area (Å²) in [7, 11) is 0. The molecule has 0 spiro atoms. The molecule has 0 bridgehead atoms. The number of hydrogen-bond donors (Lipinski definition) is 1. The summed E-state index contributed by atoms with van der Waals surface area (Å²) in [6, 6.07) is 15.8. The second kappa shape index (κ2) is 8.94. The van der Waals surface area contributed by atoms with Gasteiger partial charge in [0.15, 0.2) is 0 Å². The molecule has 5 nitrogen and oxygen atoms in total. The minimum Gasteiger partial charge on any atom is -0.423 e. The van der Waals surface area contributed by atoms with Crippen LogP contribution in [0.4, 0.5) is 0 Å². The minimum atomic E-state index is -0.397. The Bertz CT molecular complexity index is 764. The number of carbonyl (C=O) groups excluding carboxylic acids is 2. The van der Waals surface area contributed by atoms with E-state index in [1.165, 1.54) is 6.42 Å². The van der Waals surface area contributed by atoms with E-state index in [0.717, 1.165) is 31.2 Å². The average Bonchev–Trinajstić information content (AvgIpc) is 2.70. The van der Waals surface area contributed by atoms with Crippen LogP contribution in [0.3, 0.4) is 0 Å². The Hall–Kier alpha value is -2.95. The molecule has 0 radical (unpaired) electrons. The standard InChI is InChI=1S/C21H22N2O3/c24-20(17-7-3-1-4-8-17)23-22-15-16-11-13-19(14-12-16)26-21(25)18-9-5-2-6-10-18/h2,5-6,9-15,17H,1,3-4,7-8H2,(H,23,24). The van der Waals surface area contributed by atoms with E-state index in [2.05, 4.69) is 10.5 Å². The summed E-state index contributed by atoms with van der Waals surface area (Å²) < 4.78 is 5.32. The van der Waals surface area contributed by atoms with Crippen molar-refractivity contribution in [3.8, 4) is 5.75 Å². The number of rotatable bonds is 5. The molecule has 26 heavy (non-hydrogen) atoms. The molecule has 3 rings (SSSR count). The van der Waals surface area contributed by atoms with Gasteiger partial charge in [0.1, 0.15) is 5.75 Å². The van der Waals surface area contributed by atoms with E-state index in [4.69, 9.17) is 4.74 Å². The van der Waals surface area contributed by atoms with Crippen molar-refractivity contribution in [3.63, 3.8) is 0 Å². The fraction of sp³-hybridized carbons (Fsp3) is 0.286. The molecule has 0 heterocycles. The quantitative estimate of drug-likeness (QED) is 0.384. The molecule has 2 aromatic carbocycles. The Morgan fingerprint density at radius 3 is 2.35 bits per heavy atom. The van der Waals surface area contributed by atoms with Crippen LogP contribution in [0.5, 0.6) is 5.75 Å². The van der Waals surface area contributed by atoms with Crippen LogP contribution in [-0.4, -0.2) is 18.1 Å². The van der Waals surface area contributed by atoms with Crippen molar-refractivity contribution in [1.29, 1.82) is 0 Å². The topological polar surface area (TPSA) is 67.8 Å². The number of hydrogen-bond acceptors (Lipinski definition) is 4. The molecule has 5 heteroatoms. The van der Waals surface area contributed by atoms with E-state index < -0.39 is 5.97 Å². The third-order valence-corrected chi connectivity index (χ3v) is 4.46. The summed E-state index contributed by atoms with van der Waals surface area (Å²) in [5.41, 5.74) is 3.93. The van der Waals surface area contributed by atoms with Crippen molar-refractivity contribution >= 4 is 18.1 Å². The first-order chi connectivity index (χ1) is 12.7. The SMILES string of the molecule is O=C(Oc1ccc(C=NNC(=O)C2CCCCC2)cc1)c1ccccc1. The highest BCUT2D eigenvalue weighted by Gasteiger charge is 2.20. The molecule has 1 N–H and O–H groups in total. The number of amides is 1. The zero-order valence-electron chi connectivity index (χ0n) is 14.6. The van der Waals surface area contributed by atoms with E-state index in [1.807, 2.05) is 6.07 Å². The van der Waals surface area contributed by atoms with Gasteiger partial charge in [-0.3, -0.25) is 4.79 Å². The van der Waals surface area contributed by atoms with Crippen molar-refractivity contribution in [2.24, 2.45) is 11.0 Å². The zero-order chi connectivity index (χ0) is 18.2. The Kier molecular flexibility index (Phi) is 6.14. The smallest absolute Gasteiger partial charge is 0.343 e. The van der Waals surface area contributed by atoms with Gasteiger partial charge in [-0.1, -0.05) is 37.5 Å². The number of ether oxygens (including phenoxy) is 1. The molecule has 1 aliphatic rings. The maximum absolute atomic E-state index is 12.0. The van der Waals surface area contributed by atoms with Gasteiger partial charge in [-0.15, -0.1) is 0 Å². The predicted molar refractivity (Wildman–Crippen MR) is 100 cm³/mol. The molecule has 1 saturated carbocycles. The van der Waals surface area contributed by atoms with Gasteiger partial charge in [-0.05, 0) is 54.8 Å². The molecule has 0 atom stereocenters. The lowest BCUT2D eigenvalue weighted by Gasteiger charge is -2.19. The fourth-order valence-electron chi connectivity index (χ4n) is 2.99. The van der Waals surface area contributed by atoms with Crippen molar-refractivity contribution < 1.29 is 14.3 Å². The van der Waals surface area contributed by atoms with Crippen LogP contribution in [0.25, 0.3) is 0 Å². The van der Waals surface area contributed by atoms with Gasteiger partial charge >= 0.3 is 5.97 Å². The van der Waals surface area contributed by atoms with Crippen molar-refractivity contribution in [3.05, 3.63) is 65.7 Å². The van der Waals surface area contributed by atoms with Gasteiger partial charge in [-0.2, -0.15) is 5.10 Å². The molecule has 1 aliphatic carbocycles. The van der Waals surface area contributed by atoms with Gasteiger partial charge in [-0.25, -0.2) is 10.2 Å². The Morgan fingerprint density at radius 1 is 0.962 bits per heavy atom. The molecule has 0 aromatic heterocycles. The number of benzene rings is 2. The largest absolute Gasteiger partial charge is 0.423 e. The van der Waals surface area contributed by atoms with Gasteiger partial charge < -0.3 is 4.74 Å². The molecule has 1 amide bonds. The number of hydrazone groups is 1. The van der Waals surface area contributed by atoms with Gasteiger partial charge in [0.25, 0.3) is 0 Å². The van der Waals surface area contributed by atoms with E-state index in [-0.39, 0.29) is 11.8 Å². The van der Waals surface area contributed by atoms with Crippen molar-refractivity contribution in [2.45, 2.75) is 32.1 Å². The van der Waals surface area contributed by atoms with Crippen LogP contribution in [0.15, 0.2) is 59.7 Å². The summed E-state index contributed by atoms with van der Waals surface area (Å²) in [5, 5.41) is 4.02. The fourth-order valence-corrected chi connectivity index (χ4v) is 2.99. The first kappa shape index (κ1) is 17.9. The lowest BCUT2D eigenvalue weighted by Crippen LogP contribution is -2.28. The molecule has 0 unspecified atom stereocenters. The second-order valence-electron chi connectivity index (χ2n) is 6.39. The zero-order valence-corrected chi connectivity index (χ0v) is 14.6. The predicted octanol–water partition coefficient (Wildman–Crippen LogP) is 3.94. The molecule has 1 fully saturated rings. The first-order valence-corrected chi connectivity index (χ1v) is 8.92. The van der Waals surface area contributed by atoms with Crippen LogP contribution in [-0.2, 0) is 4.79 Å². The van der Waals surface area contributed by atoms with Crippen LogP contribution in [0, 0.1) is 5.92 Å². The highest BCUT2D eigenvalue weighted by molar-refractivity contribution is 5.91. The second-order valence-corrected chi connectivity index (χ2v) is 6.39. The first-order valence-electron chi connectivity index (χ1n) is 8.92. The van der Waals surface area contributed by atoms with E-state index in [1.54, 1.807) is 54.7 Å². The number of nitrogens with zero attached hydrogens (tertiary/aromatic N) is 1. The van der Waals surface area contributed by atoms with E-state index >= 15 is 0 Å². The Balaban J connectivity index is 1.51. The van der Waals surface area contributed by atoms with Gasteiger partial charge in [0.2, 0.25) is 5.91 Å². The molecule has 134 valence electrons. The lowest BCUT2D eigenvalue weighted by atomic mass is 9.89. The van der Waals surface area contributed by atoms with Crippen LogP contribution >= 0.6 is 0 Å². The number of esters is 1. The normalized spacial score (nSPS) is 14.9. The maximum Gasteiger partial charge on any atom is 0.343 e. The Labute approximate surface area is 153 Å². The molecular weight excluding hydrogens is 328 g/mol. The third kappa shape index (κ3) is 5.02. The lowest BCUT2D eigenvalue weighted by molar-refractivity contribution is -0.125. The molecular formula is C21H22N2O3. The monoisotopic (exact) mass is 350 g/mol. The highest BCUT2D eigenvalue weighted by atomic mass is 16.5. The van der Waals surface area contributed by atoms with Gasteiger partial charge in [0, 0.05) is 5.92 Å². The van der Waals surface area contributed by atoms with Crippen LogP contribution < -0.4 is 10.2 Å². The summed E-state index contributed by atoms with van der Waals surface area (Å²) >= 11 is 0. The minimum absolute atomic E-state index is 0.00522. The van der Waals surface area contributed by atoms with Crippen LogP contribution in [0.2, 0.25) is 0 Å². The highest BCUT2D eigenvalue weighted by Crippen LogP contribution is 2.23. The average molecular weight is 350 g/mol. The van der Waals surface area contributed by atoms with E-state index in [0.29, 0.717) is 11.3 Å². The van der Waals surface area contributed by atoms with Gasteiger partial charge in [0.05, 0.1) is 11.8 Å². The summed E-state index contributed by atoms with van der Waals surface area (Å²) in [4.78, 5) is 24.0. The van der Waals surface area contributed by atoms with Crippen molar-refractivity contribution in [1.82, 2.24) is 5.43 Å². The summed E-state index contributed by atoms with van der Waals surface area (Å²) in [6.45, 7) is 0. The summed E-state index contributed by atoms with van der Waals surface area (Å²) in [6.07, 6.45) is 6.93. The number of nitrogens with one attached hydrogen (secondary N) is 1. The molecule has 0 saturated heterocycles. The number of carbonyl (C=O) groups is 2. The Morgan fingerprint density at radius 2 is 1.65 bits per heavy atom. The molecule has 0 aliphatic heterocycles. The van der Waals surface area contributed by atoms with E-state index in [9.17, 15) is 9.59 Å². The molecule has 2 aromatic rings.